The van der Waals surface area contributed by atoms with Gasteiger partial charge in [-0.05, 0) is 25.0 Å². The molecule has 0 aromatic heterocycles. The molecule has 1 unspecified atom stereocenters. The van der Waals surface area contributed by atoms with Crippen molar-refractivity contribution in [2.75, 3.05) is 7.05 Å². The number of rotatable bonds is 5. The van der Waals surface area contributed by atoms with Crippen LogP contribution < -0.4 is 5.73 Å². The first-order chi connectivity index (χ1) is 8.00. The summed E-state index contributed by atoms with van der Waals surface area (Å²) < 4.78 is 0. The maximum absolute atomic E-state index is 11.8. The van der Waals surface area contributed by atoms with Crippen molar-refractivity contribution in [1.29, 1.82) is 0 Å². The summed E-state index contributed by atoms with van der Waals surface area (Å²) in [7, 11) is 1.78. The van der Waals surface area contributed by atoms with Crippen LogP contribution in [0.4, 0.5) is 0 Å². The lowest BCUT2D eigenvalue weighted by molar-refractivity contribution is -0.130. The van der Waals surface area contributed by atoms with Gasteiger partial charge in [0.15, 0.2) is 0 Å². The van der Waals surface area contributed by atoms with Crippen molar-refractivity contribution >= 4 is 29.9 Å². The van der Waals surface area contributed by atoms with Gasteiger partial charge in [-0.15, -0.1) is 12.4 Å². The highest BCUT2D eigenvalue weighted by atomic mass is 35.5. The van der Waals surface area contributed by atoms with Crippen LogP contribution in [0.15, 0.2) is 24.3 Å². The molecular weight excluding hydrogens is 271 g/mol. The number of carbonyl (C=O) groups excluding carboxylic acids is 1. The van der Waals surface area contributed by atoms with Crippen LogP contribution >= 0.6 is 24.0 Å². The largest absolute Gasteiger partial charge is 0.341 e. The monoisotopic (exact) mass is 290 g/mol. The summed E-state index contributed by atoms with van der Waals surface area (Å²) in [4.78, 5) is 13.5. The molecule has 0 saturated carbocycles. The molecule has 0 aliphatic carbocycles. The zero-order chi connectivity index (χ0) is 12.8. The van der Waals surface area contributed by atoms with Crippen LogP contribution in [-0.4, -0.2) is 23.9 Å². The van der Waals surface area contributed by atoms with Crippen molar-refractivity contribution in [3.8, 4) is 0 Å². The van der Waals surface area contributed by atoms with Gasteiger partial charge in [0.25, 0.3) is 0 Å². The Morgan fingerprint density at radius 3 is 2.61 bits per heavy atom. The van der Waals surface area contributed by atoms with Crippen LogP contribution in [0.3, 0.4) is 0 Å². The number of benzene rings is 1. The van der Waals surface area contributed by atoms with E-state index >= 15 is 0 Å². The number of nitrogens with two attached hydrogens (primary N) is 1. The number of carbonyl (C=O) groups is 1. The molecule has 1 atom stereocenters. The molecule has 3 nitrogen and oxygen atoms in total. The molecule has 0 radical (unpaired) electrons. The zero-order valence-electron chi connectivity index (χ0n) is 10.7. The minimum atomic E-state index is 0. The topological polar surface area (TPSA) is 46.3 Å². The fourth-order valence-corrected chi connectivity index (χ4v) is 1.71. The van der Waals surface area contributed by atoms with E-state index in [1.165, 1.54) is 0 Å². The van der Waals surface area contributed by atoms with Crippen LogP contribution in [0.25, 0.3) is 0 Å². The Balaban J connectivity index is 0.00000289. The third kappa shape index (κ3) is 5.71. The van der Waals surface area contributed by atoms with Gasteiger partial charge in [-0.3, -0.25) is 4.79 Å². The molecule has 0 aliphatic heterocycles. The van der Waals surface area contributed by atoms with Crippen LogP contribution in [0.2, 0.25) is 5.02 Å². The molecule has 18 heavy (non-hydrogen) atoms. The zero-order valence-corrected chi connectivity index (χ0v) is 12.3. The highest BCUT2D eigenvalue weighted by molar-refractivity contribution is 6.31. The van der Waals surface area contributed by atoms with Gasteiger partial charge in [-0.1, -0.05) is 29.8 Å². The Morgan fingerprint density at radius 1 is 1.44 bits per heavy atom. The van der Waals surface area contributed by atoms with Gasteiger partial charge >= 0.3 is 0 Å². The quantitative estimate of drug-likeness (QED) is 0.906. The van der Waals surface area contributed by atoms with Crippen molar-refractivity contribution in [2.45, 2.75) is 32.4 Å². The molecule has 0 bridgehead atoms. The fraction of sp³-hybridized carbons (Fsp3) is 0.462. The number of nitrogens with zero attached hydrogens (tertiary/aromatic N) is 1. The number of hydrogen-bond acceptors (Lipinski definition) is 2. The summed E-state index contributed by atoms with van der Waals surface area (Å²) >= 11 is 6.04. The summed E-state index contributed by atoms with van der Waals surface area (Å²) in [6, 6.07) is 7.62. The maximum Gasteiger partial charge on any atom is 0.222 e. The molecule has 0 fully saturated rings. The van der Waals surface area contributed by atoms with Gasteiger partial charge in [0, 0.05) is 31.1 Å². The first kappa shape index (κ1) is 17.2. The third-order valence-corrected chi connectivity index (χ3v) is 2.97. The smallest absolute Gasteiger partial charge is 0.222 e. The van der Waals surface area contributed by atoms with E-state index < -0.39 is 0 Å². The van der Waals surface area contributed by atoms with Crippen LogP contribution in [0, 0.1) is 0 Å². The van der Waals surface area contributed by atoms with Crippen molar-refractivity contribution in [2.24, 2.45) is 5.73 Å². The van der Waals surface area contributed by atoms with Gasteiger partial charge in [0.05, 0.1) is 0 Å². The van der Waals surface area contributed by atoms with Crippen molar-refractivity contribution in [3.05, 3.63) is 34.9 Å². The Hall–Kier alpha value is -0.770. The molecule has 102 valence electrons. The van der Waals surface area contributed by atoms with Crippen molar-refractivity contribution < 1.29 is 4.79 Å². The molecule has 1 aromatic carbocycles. The summed E-state index contributed by atoms with van der Waals surface area (Å²) in [5.74, 6) is 0.0993. The van der Waals surface area contributed by atoms with Crippen LogP contribution in [-0.2, 0) is 11.3 Å². The normalized spacial score (nSPS) is 11.6. The molecule has 0 spiro atoms. The number of amides is 1. The van der Waals surface area contributed by atoms with E-state index in [4.69, 9.17) is 17.3 Å². The Bertz CT molecular complexity index is 383. The second-order valence-electron chi connectivity index (χ2n) is 4.36. The summed E-state index contributed by atoms with van der Waals surface area (Å²) in [5, 5.41) is 0.694. The number of halogens is 2. The molecule has 0 heterocycles. The standard InChI is InChI=1S/C13H19ClN2O.ClH/c1-10(15)7-8-13(17)16(2)9-11-5-3-4-6-12(11)14;/h3-6,10H,7-9,15H2,1-2H3;1H. The first-order valence-electron chi connectivity index (χ1n) is 5.73. The summed E-state index contributed by atoms with van der Waals surface area (Å²) in [6.07, 6.45) is 1.20. The fourth-order valence-electron chi connectivity index (χ4n) is 1.51. The summed E-state index contributed by atoms with van der Waals surface area (Å²) in [6.45, 7) is 2.44. The van der Waals surface area contributed by atoms with Crippen molar-refractivity contribution in [3.63, 3.8) is 0 Å². The van der Waals surface area contributed by atoms with Gasteiger partial charge in [-0.25, -0.2) is 0 Å². The van der Waals surface area contributed by atoms with Crippen LogP contribution in [0.1, 0.15) is 25.3 Å². The molecular formula is C13H20Cl2N2O. The highest BCUT2D eigenvalue weighted by Gasteiger charge is 2.11. The van der Waals surface area contributed by atoms with Gasteiger partial charge in [0.2, 0.25) is 5.91 Å². The lowest BCUT2D eigenvalue weighted by Crippen LogP contribution is -2.28. The van der Waals surface area contributed by atoms with Gasteiger partial charge in [-0.2, -0.15) is 0 Å². The predicted molar refractivity (Wildman–Crippen MR) is 78.1 cm³/mol. The summed E-state index contributed by atoms with van der Waals surface area (Å²) in [5.41, 5.74) is 6.59. The van der Waals surface area contributed by atoms with E-state index in [0.717, 1.165) is 5.56 Å². The Labute approximate surface area is 120 Å². The number of hydrogen-bond donors (Lipinski definition) is 1. The molecule has 1 aromatic rings. The van der Waals surface area contributed by atoms with Crippen molar-refractivity contribution in [1.82, 2.24) is 4.90 Å². The van der Waals surface area contributed by atoms with E-state index in [9.17, 15) is 4.79 Å². The van der Waals surface area contributed by atoms with E-state index in [1.807, 2.05) is 31.2 Å². The molecule has 0 saturated heterocycles. The van der Waals surface area contributed by atoms with E-state index in [2.05, 4.69) is 0 Å². The maximum atomic E-state index is 11.8. The lowest BCUT2D eigenvalue weighted by atomic mass is 10.1. The van der Waals surface area contributed by atoms with E-state index in [1.54, 1.807) is 11.9 Å². The minimum Gasteiger partial charge on any atom is -0.341 e. The van der Waals surface area contributed by atoms with Gasteiger partial charge < -0.3 is 10.6 Å². The molecule has 1 rings (SSSR count). The Kier molecular flexibility index (Phi) is 8.00. The third-order valence-electron chi connectivity index (χ3n) is 2.60. The molecule has 1 amide bonds. The van der Waals surface area contributed by atoms with Crippen LogP contribution in [0.5, 0.6) is 0 Å². The SMILES string of the molecule is CC(N)CCC(=O)N(C)Cc1ccccc1Cl.Cl. The molecule has 0 aliphatic rings. The highest BCUT2D eigenvalue weighted by Crippen LogP contribution is 2.16. The lowest BCUT2D eigenvalue weighted by Gasteiger charge is -2.18. The Morgan fingerprint density at radius 2 is 2.06 bits per heavy atom. The van der Waals surface area contributed by atoms with E-state index in [-0.39, 0.29) is 24.4 Å². The molecule has 2 N–H and O–H groups in total. The first-order valence-corrected chi connectivity index (χ1v) is 6.11. The van der Waals surface area contributed by atoms with E-state index in [0.29, 0.717) is 24.4 Å². The second kappa shape index (κ2) is 8.35. The minimum absolute atomic E-state index is 0. The average molecular weight is 291 g/mol. The van der Waals surface area contributed by atoms with Gasteiger partial charge in [0.1, 0.15) is 0 Å². The average Bonchev–Trinajstić information content (AvgIpc) is 2.28. The second-order valence-corrected chi connectivity index (χ2v) is 4.76. The predicted octanol–water partition coefficient (Wildman–Crippen LogP) is 2.85. The molecule has 5 heteroatoms.